The minimum Gasteiger partial charge on any atom is -0.438 e. The van der Waals surface area contributed by atoms with Gasteiger partial charge in [0.1, 0.15) is 18.3 Å². The van der Waals surface area contributed by atoms with Crippen LogP contribution in [-0.2, 0) is 48.7 Å². The van der Waals surface area contributed by atoms with Crippen molar-refractivity contribution in [2.24, 2.45) is 10.8 Å². The maximum absolute atomic E-state index is 14.0. The summed E-state index contributed by atoms with van der Waals surface area (Å²) in [7, 11) is -4.41. The third kappa shape index (κ3) is 16.2. The fraction of sp³-hybridized carbons (Fsp3) is 0.795. The van der Waals surface area contributed by atoms with Crippen LogP contribution in [-0.4, -0.2) is 80.1 Å². The van der Waals surface area contributed by atoms with Crippen molar-refractivity contribution in [1.29, 1.82) is 0 Å². The Bertz CT molecular complexity index is 1640. The predicted octanol–water partition coefficient (Wildman–Crippen LogP) is 5.90. The molecule has 0 aliphatic carbocycles. The van der Waals surface area contributed by atoms with Gasteiger partial charge in [0.15, 0.2) is 11.7 Å². The Morgan fingerprint density at radius 3 is 1.84 bits per heavy atom. The molecule has 0 aromatic carbocycles. The number of ether oxygens (including phenoxy) is 4. The van der Waals surface area contributed by atoms with Crippen molar-refractivity contribution >= 4 is 25.0 Å². The first kappa shape index (κ1) is 48.2. The zero-order valence-electron chi connectivity index (χ0n) is 34.9. The van der Waals surface area contributed by atoms with E-state index >= 15 is 0 Å². The highest BCUT2D eigenvalue weighted by molar-refractivity contribution is 7.61. The Morgan fingerprint density at radius 2 is 1.35 bits per heavy atom. The molecule has 2 aromatic rings. The standard InChI is InChI=1S/C39H66N5O12P/c1-8-9-10-11-12-13-14-15-16-17-18-19-20-21-24-51-33-32(46)29(56-34(33)44-23-22-30(45)40-37(44)49)25-43-26-31(41-42-43)57(50,54-27-52-35(47)38(2,3)4)55-28-53-36(48)39(5,6)7/h22-23,26,29,32-34,46H,8-21,24-25,27-28H2,1-7H3,(H,40,45,49)/t29-,32-,33-,34-/m1/s1. The molecule has 3 heterocycles. The highest BCUT2D eigenvalue weighted by Crippen LogP contribution is 2.46. The predicted molar refractivity (Wildman–Crippen MR) is 212 cm³/mol. The van der Waals surface area contributed by atoms with Gasteiger partial charge >= 0.3 is 25.2 Å². The van der Waals surface area contributed by atoms with Gasteiger partial charge in [-0.3, -0.25) is 37.5 Å². The molecule has 0 spiro atoms. The molecular formula is C39H66N5O12P. The largest absolute Gasteiger partial charge is 0.438 e. The van der Waals surface area contributed by atoms with E-state index < -0.39 is 79.7 Å². The third-order valence-corrected chi connectivity index (χ3v) is 11.1. The second-order valence-corrected chi connectivity index (χ2v) is 18.6. The van der Waals surface area contributed by atoms with Gasteiger partial charge in [0.05, 0.1) is 23.6 Å². The van der Waals surface area contributed by atoms with E-state index in [2.05, 4.69) is 22.2 Å². The average molecular weight is 828 g/mol. The number of carbonyl (C=O) groups excluding carboxylic acids is 2. The molecule has 1 aliphatic heterocycles. The van der Waals surface area contributed by atoms with E-state index in [1.165, 1.54) is 87.4 Å². The molecule has 0 unspecified atom stereocenters. The van der Waals surface area contributed by atoms with Gasteiger partial charge in [0.25, 0.3) is 5.56 Å². The lowest BCUT2D eigenvalue weighted by molar-refractivity contribution is -0.161. The highest BCUT2D eigenvalue weighted by atomic mass is 31.2. The molecule has 2 aromatic heterocycles. The Hall–Kier alpha value is -3.21. The van der Waals surface area contributed by atoms with Crippen molar-refractivity contribution in [3.63, 3.8) is 0 Å². The average Bonchev–Trinajstić information content (AvgIpc) is 3.73. The Morgan fingerprint density at radius 1 is 0.842 bits per heavy atom. The second kappa shape index (κ2) is 23.4. The summed E-state index contributed by atoms with van der Waals surface area (Å²) in [6.07, 6.45) is 15.1. The lowest BCUT2D eigenvalue weighted by Crippen LogP contribution is -2.39. The lowest BCUT2D eigenvalue weighted by atomic mass is 9.98. The number of nitrogens with zero attached hydrogens (tertiary/aromatic N) is 4. The zero-order valence-corrected chi connectivity index (χ0v) is 35.8. The Labute approximate surface area is 336 Å². The minimum atomic E-state index is -4.41. The molecule has 324 valence electrons. The number of unbranched alkanes of at least 4 members (excludes halogenated alkanes) is 13. The van der Waals surface area contributed by atoms with E-state index in [-0.39, 0.29) is 12.0 Å². The van der Waals surface area contributed by atoms with Gasteiger partial charge in [-0.25, -0.2) is 9.48 Å². The van der Waals surface area contributed by atoms with Crippen LogP contribution in [0.25, 0.3) is 0 Å². The fourth-order valence-corrected chi connectivity index (χ4v) is 7.15. The molecule has 0 amide bonds. The van der Waals surface area contributed by atoms with Crippen molar-refractivity contribution < 1.29 is 47.3 Å². The van der Waals surface area contributed by atoms with Gasteiger partial charge in [-0.2, -0.15) is 0 Å². The Balaban J connectivity index is 1.61. The second-order valence-electron chi connectivity index (χ2n) is 16.7. The molecule has 57 heavy (non-hydrogen) atoms. The summed E-state index contributed by atoms with van der Waals surface area (Å²) in [6.45, 7) is 10.7. The molecule has 1 saturated heterocycles. The summed E-state index contributed by atoms with van der Waals surface area (Å²) in [6, 6.07) is 1.17. The van der Waals surface area contributed by atoms with Crippen molar-refractivity contribution in [2.45, 2.75) is 169 Å². The summed E-state index contributed by atoms with van der Waals surface area (Å²) in [5.74, 6) is -1.25. The number of aromatic nitrogens is 5. The summed E-state index contributed by atoms with van der Waals surface area (Å²) in [5.41, 5.74) is -3.35. The first-order valence-corrected chi connectivity index (χ1v) is 21.9. The number of esters is 2. The number of aliphatic hydroxyl groups excluding tert-OH is 1. The van der Waals surface area contributed by atoms with Crippen LogP contribution >= 0.6 is 7.60 Å². The van der Waals surface area contributed by atoms with Crippen molar-refractivity contribution in [3.05, 3.63) is 39.3 Å². The molecule has 0 radical (unpaired) electrons. The van der Waals surface area contributed by atoms with Crippen LogP contribution in [0.15, 0.2) is 28.0 Å². The summed E-state index contributed by atoms with van der Waals surface area (Å²) in [4.78, 5) is 51.4. The topological polar surface area (TPSA) is 212 Å². The van der Waals surface area contributed by atoms with Crippen LogP contribution in [0.5, 0.6) is 0 Å². The fourth-order valence-electron chi connectivity index (χ4n) is 6.01. The van der Waals surface area contributed by atoms with Crippen molar-refractivity contribution in [1.82, 2.24) is 24.5 Å². The number of H-pyrrole nitrogens is 1. The molecule has 0 saturated carbocycles. The van der Waals surface area contributed by atoms with Crippen LogP contribution in [0.2, 0.25) is 0 Å². The number of rotatable bonds is 26. The van der Waals surface area contributed by atoms with Gasteiger partial charge < -0.3 is 24.1 Å². The monoisotopic (exact) mass is 827 g/mol. The van der Waals surface area contributed by atoms with Crippen LogP contribution in [0.4, 0.5) is 0 Å². The van der Waals surface area contributed by atoms with Gasteiger partial charge in [0, 0.05) is 18.9 Å². The zero-order chi connectivity index (χ0) is 42.1. The molecule has 18 heteroatoms. The van der Waals surface area contributed by atoms with Gasteiger partial charge in [-0.15, -0.1) is 5.10 Å². The maximum atomic E-state index is 14.0. The number of carbonyl (C=O) groups is 2. The summed E-state index contributed by atoms with van der Waals surface area (Å²) in [5, 5.41) is 19.4. The van der Waals surface area contributed by atoms with Crippen LogP contribution in [0.3, 0.4) is 0 Å². The normalized spacial score (nSPS) is 18.9. The summed E-state index contributed by atoms with van der Waals surface area (Å²) >= 11 is 0. The first-order chi connectivity index (χ1) is 27.0. The van der Waals surface area contributed by atoms with Crippen LogP contribution in [0.1, 0.15) is 145 Å². The Kier molecular flexibility index (Phi) is 19.8. The van der Waals surface area contributed by atoms with Crippen molar-refractivity contribution in [2.75, 3.05) is 20.2 Å². The van der Waals surface area contributed by atoms with Gasteiger partial charge in [-0.05, 0) is 48.0 Å². The van der Waals surface area contributed by atoms with Gasteiger partial charge in [-0.1, -0.05) is 95.6 Å². The van der Waals surface area contributed by atoms with Gasteiger partial charge in [0.2, 0.25) is 13.6 Å². The van der Waals surface area contributed by atoms with E-state index in [9.17, 15) is 28.8 Å². The van der Waals surface area contributed by atoms with Crippen LogP contribution < -0.4 is 16.7 Å². The minimum absolute atomic E-state index is 0.139. The molecule has 1 aliphatic rings. The van der Waals surface area contributed by atoms with E-state index in [0.29, 0.717) is 6.61 Å². The van der Waals surface area contributed by atoms with Crippen molar-refractivity contribution in [3.8, 4) is 0 Å². The number of hydrogen-bond donors (Lipinski definition) is 2. The van der Waals surface area contributed by atoms with E-state index in [1.807, 2.05) is 0 Å². The summed E-state index contributed by atoms with van der Waals surface area (Å²) < 4.78 is 49.7. The smallest absolute Gasteiger partial charge is 0.388 e. The molecule has 1 fully saturated rings. The first-order valence-electron chi connectivity index (χ1n) is 20.4. The molecule has 3 rings (SSSR count). The number of aromatic amines is 1. The molecule has 2 N–H and O–H groups in total. The van der Waals surface area contributed by atoms with E-state index in [4.69, 9.17) is 28.0 Å². The van der Waals surface area contributed by atoms with E-state index in [1.54, 1.807) is 41.5 Å². The maximum Gasteiger partial charge on any atom is 0.388 e. The van der Waals surface area contributed by atoms with Crippen LogP contribution in [0, 0.1) is 10.8 Å². The SMILES string of the molecule is CCCCCCCCCCCCCCCCO[C@@H]1[C@H](O)[C@@H](Cn2cc(P(=O)(OCOC(=O)C(C)(C)C)OCOC(=O)C(C)(C)C)nn2)O[C@H]1n1ccc(=O)[nH]c1=O. The van der Waals surface area contributed by atoms with E-state index in [0.717, 1.165) is 30.3 Å². The molecule has 0 bridgehead atoms. The molecule has 17 nitrogen and oxygen atoms in total. The third-order valence-electron chi connectivity index (χ3n) is 9.47. The highest BCUT2D eigenvalue weighted by Gasteiger charge is 2.46. The molecular weight excluding hydrogens is 761 g/mol. The number of nitrogens with one attached hydrogen (secondary N) is 1. The molecule has 4 atom stereocenters. The lowest BCUT2D eigenvalue weighted by Gasteiger charge is -2.22. The number of aliphatic hydroxyl groups is 1. The quantitative estimate of drug-likeness (QED) is 0.0490. The number of hydrogen-bond acceptors (Lipinski definition) is 14.